The predicted octanol–water partition coefficient (Wildman–Crippen LogP) is 4.30. The van der Waals surface area contributed by atoms with Crippen LogP contribution in [0.15, 0.2) is 72.9 Å². The molecule has 2 heterocycles. The van der Waals surface area contributed by atoms with Crippen molar-refractivity contribution in [2.45, 2.75) is 43.4 Å². The number of anilines is 3. The number of esters is 1. The average molecular weight is 741 g/mol. The summed E-state index contributed by atoms with van der Waals surface area (Å²) in [6.45, 7) is -1.74. The van der Waals surface area contributed by atoms with E-state index in [-0.39, 0.29) is 36.8 Å². The molecule has 1 saturated carbocycles. The third kappa shape index (κ3) is 10.6. The molecule has 5 rings (SSSR count). The van der Waals surface area contributed by atoms with Crippen LogP contribution < -0.4 is 26.0 Å². The van der Waals surface area contributed by atoms with E-state index in [1.807, 2.05) is 12.1 Å². The molecule has 0 aliphatic heterocycles. The number of ketones is 1. The van der Waals surface area contributed by atoms with Gasteiger partial charge in [0.05, 0.1) is 19.1 Å². The third-order valence-electron chi connectivity index (χ3n) is 7.71. The van der Waals surface area contributed by atoms with Crippen molar-refractivity contribution < 1.29 is 41.8 Å². The lowest BCUT2D eigenvalue weighted by atomic mass is 10.1. The second-order valence-electron chi connectivity index (χ2n) is 11.6. The van der Waals surface area contributed by atoms with E-state index in [2.05, 4.69) is 41.2 Å². The van der Waals surface area contributed by atoms with Crippen molar-refractivity contribution >= 4 is 52.8 Å². The van der Waals surface area contributed by atoms with Crippen molar-refractivity contribution in [3.05, 3.63) is 94.8 Å². The Morgan fingerprint density at radius 3 is 2.29 bits per heavy atom. The Morgan fingerprint density at radius 2 is 1.65 bits per heavy atom. The van der Waals surface area contributed by atoms with E-state index in [0.717, 1.165) is 12.7 Å². The van der Waals surface area contributed by atoms with Crippen LogP contribution in [-0.2, 0) is 31.1 Å². The summed E-state index contributed by atoms with van der Waals surface area (Å²) in [5.41, 5.74) is 1.26. The number of nitrogens with zero attached hydrogens (tertiary/aromatic N) is 4. The summed E-state index contributed by atoms with van der Waals surface area (Å²) in [7, 11) is 1.14. The zero-order valence-electron chi connectivity index (χ0n) is 27.5. The van der Waals surface area contributed by atoms with Gasteiger partial charge in [-0.05, 0) is 73.4 Å². The molecule has 0 bridgehead atoms. The number of nitrogens with one attached hydrogen (secondary N) is 4. The molecule has 1 aliphatic carbocycles. The van der Waals surface area contributed by atoms with Crippen LogP contribution in [0.3, 0.4) is 0 Å². The maximum absolute atomic E-state index is 13.0. The Labute approximate surface area is 299 Å². The van der Waals surface area contributed by atoms with Gasteiger partial charge >= 0.3 is 18.2 Å². The predicted molar refractivity (Wildman–Crippen MR) is 181 cm³/mol. The largest absolute Gasteiger partial charge is 0.467 e. The van der Waals surface area contributed by atoms with Gasteiger partial charge in [0.25, 0.3) is 11.8 Å². The normalized spacial score (nSPS) is 13.6. The molecular formula is C34H32ClF3N8O6. The number of methoxy groups -OCH3 is 1. The summed E-state index contributed by atoms with van der Waals surface area (Å²) in [4.78, 5) is 66.2. The fourth-order valence-electron chi connectivity index (χ4n) is 4.92. The van der Waals surface area contributed by atoms with E-state index in [4.69, 9.17) is 21.1 Å². The number of benzene rings is 2. The van der Waals surface area contributed by atoms with Crippen molar-refractivity contribution in [3.63, 3.8) is 0 Å². The smallest absolute Gasteiger partial charge is 0.422 e. The summed E-state index contributed by atoms with van der Waals surface area (Å²) in [6, 6.07) is 16.2. The topological polar surface area (TPSA) is 186 Å². The van der Waals surface area contributed by atoms with Crippen LogP contribution in [-0.4, -0.2) is 76.0 Å². The number of halogens is 4. The fraction of sp³-hybridized carbons (Fsp3) is 0.294. The van der Waals surface area contributed by atoms with Crippen molar-refractivity contribution in [1.82, 2.24) is 30.6 Å². The molecule has 18 heteroatoms. The number of Topliss-reactive ketones (excluding diaryl/α,β-unsaturated/α-hetero) is 1. The van der Waals surface area contributed by atoms with Gasteiger partial charge in [-0.25, -0.2) is 4.79 Å². The van der Waals surface area contributed by atoms with Gasteiger partial charge in [0.15, 0.2) is 6.61 Å². The standard InChI is InChI=1S/C34H32ClF3N8O6/c1-51-29(50)25(13-17-40-28(49)26(47)18-24-4-2-3-16-39-24)42-27(48)20-5-11-23(12-6-20)41-30-43-31(45-32(44-30)52-19-34(36,37)38)46-33(14-15-33)21-7-9-22(35)10-8-21/h2-12,16,25H,13-15,17-19H2,1H3,(H,40,49)(H,42,48)(H2,41,43,44,45,46)/t25-/m0/s1. The van der Waals surface area contributed by atoms with Gasteiger partial charge in [-0.1, -0.05) is 29.8 Å². The number of alkyl halides is 3. The van der Waals surface area contributed by atoms with E-state index < -0.39 is 53.9 Å². The maximum Gasteiger partial charge on any atom is 0.422 e. The SMILES string of the molecule is COC(=O)[C@H](CCNC(=O)C(=O)Cc1ccccn1)NC(=O)c1ccc(Nc2nc(NC3(c4ccc(Cl)cc4)CC3)nc(OCC(F)(F)F)n2)cc1. The van der Waals surface area contributed by atoms with Gasteiger partial charge in [0.2, 0.25) is 17.7 Å². The Bertz CT molecular complexity index is 1900. The first-order valence-corrected chi connectivity index (χ1v) is 16.2. The molecule has 0 radical (unpaired) electrons. The number of rotatable bonds is 16. The van der Waals surface area contributed by atoms with Gasteiger partial charge in [0.1, 0.15) is 6.04 Å². The monoisotopic (exact) mass is 740 g/mol. The van der Waals surface area contributed by atoms with Crippen molar-refractivity contribution in [1.29, 1.82) is 0 Å². The molecule has 2 amide bonds. The average Bonchev–Trinajstić information content (AvgIpc) is 3.90. The summed E-state index contributed by atoms with van der Waals surface area (Å²) in [5.74, 6) is -3.16. The first-order valence-electron chi connectivity index (χ1n) is 15.8. The first kappa shape index (κ1) is 37.4. The molecule has 0 unspecified atom stereocenters. The number of ether oxygens (including phenoxy) is 2. The molecule has 1 fully saturated rings. The van der Waals surface area contributed by atoms with E-state index in [9.17, 15) is 32.3 Å². The van der Waals surface area contributed by atoms with Gasteiger partial charge in [0, 0.05) is 34.7 Å². The van der Waals surface area contributed by atoms with Crippen LogP contribution in [0.4, 0.5) is 30.8 Å². The molecule has 4 aromatic rings. The van der Waals surface area contributed by atoms with Gasteiger partial charge < -0.3 is 30.7 Å². The molecular weight excluding hydrogens is 709 g/mol. The Balaban J connectivity index is 1.21. The molecule has 0 spiro atoms. The number of amides is 2. The lowest BCUT2D eigenvalue weighted by molar-refractivity contribution is -0.154. The highest BCUT2D eigenvalue weighted by atomic mass is 35.5. The van der Waals surface area contributed by atoms with E-state index in [1.165, 1.54) is 30.5 Å². The molecule has 2 aromatic heterocycles. The summed E-state index contributed by atoms with van der Waals surface area (Å²) in [5, 5.41) is 11.6. The molecule has 2 aromatic carbocycles. The molecule has 272 valence electrons. The van der Waals surface area contributed by atoms with E-state index >= 15 is 0 Å². The summed E-state index contributed by atoms with van der Waals surface area (Å²) < 4.78 is 48.4. The minimum Gasteiger partial charge on any atom is -0.467 e. The highest BCUT2D eigenvalue weighted by molar-refractivity contribution is 6.36. The van der Waals surface area contributed by atoms with Gasteiger partial charge in [-0.3, -0.25) is 19.4 Å². The number of carbonyl (C=O) groups excluding carboxylic acids is 4. The van der Waals surface area contributed by atoms with Crippen molar-refractivity contribution in [2.75, 3.05) is 30.9 Å². The molecule has 4 N–H and O–H groups in total. The molecule has 1 atom stereocenters. The molecule has 14 nitrogen and oxygen atoms in total. The Kier molecular flexibility index (Phi) is 11.8. The number of pyridine rings is 1. The van der Waals surface area contributed by atoms with E-state index in [0.29, 0.717) is 29.2 Å². The van der Waals surface area contributed by atoms with Crippen LogP contribution in [0.1, 0.15) is 40.9 Å². The van der Waals surface area contributed by atoms with Gasteiger partial charge in [-0.15, -0.1) is 0 Å². The third-order valence-corrected chi connectivity index (χ3v) is 7.96. The number of hydrogen-bond acceptors (Lipinski definition) is 12. The second kappa shape index (κ2) is 16.5. The highest BCUT2D eigenvalue weighted by Crippen LogP contribution is 2.48. The number of aromatic nitrogens is 4. The van der Waals surface area contributed by atoms with Crippen LogP contribution in [0.5, 0.6) is 6.01 Å². The molecule has 0 saturated heterocycles. The quantitative estimate of drug-likeness (QED) is 0.0945. The number of hydrogen-bond donors (Lipinski definition) is 4. The van der Waals surface area contributed by atoms with Crippen LogP contribution in [0.25, 0.3) is 0 Å². The zero-order valence-corrected chi connectivity index (χ0v) is 28.3. The summed E-state index contributed by atoms with van der Waals surface area (Å²) >= 11 is 6.02. The second-order valence-corrected chi connectivity index (χ2v) is 12.0. The first-order chi connectivity index (χ1) is 24.8. The summed E-state index contributed by atoms with van der Waals surface area (Å²) in [6.07, 6.45) is -1.98. The van der Waals surface area contributed by atoms with Crippen LogP contribution in [0, 0.1) is 0 Å². The molecule has 52 heavy (non-hydrogen) atoms. The van der Waals surface area contributed by atoms with Crippen molar-refractivity contribution in [3.8, 4) is 6.01 Å². The molecule has 1 aliphatic rings. The Morgan fingerprint density at radius 1 is 0.942 bits per heavy atom. The fourth-order valence-corrected chi connectivity index (χ4v) is 5.04. The minimum absolute atomic E-state index is 0.0271. The number of carbonyl (C=O) groups is 4. The Hall–Kier alpha value is -5.84. The van der Waals surface area contributed by atoms with Crippen LogP contribution >= 0.6 is 11.6 Å². The van der Waals surface area contributed by atoms with Gasteiger partial charge in [-0.2, -0.15) is 28.1 Å². The minimum atomic E-state index is -4.63. The zero-order chi connectivity index (χ0) is 37.3. The lowest BCUT2D eigenvalue weighted by Gasteiger charge is -2.19. The maximum atomic E-state index is 13.0. The van der Waals surface area contributed by atoms with E-state index in [1.54, 1.807) is 30.3 Å². The van der Waals surface area contributed by atoms with Crippen LogP contribution in [0.2, 0.25) is 5.02 Å². The highest BCUT2D eigenvalue weighted by Gasteiger charge is 2.45. The van der Waals surface area contributed by atoms with Crippen molar-refractivity contribution in [2.24, 2.45) is 0 Å². The lowest BCUT2D eigenvalue weighted by Crippen LogP contribution is -2.44.